The first kappa shape index (κ1) is 13.8. The van der Waals surface area contributed by atoms with Crippen LogP contribution >= 0.6 is 0 Å². The number of likely N-dealkylation sites (tertiary alicyclic amines) is 1. The fourth-order valence-electron chi connectivity index (χ4n) is 2.87. The second kappa shape index (κ2) is 6.50. The minimum atomic E-state index is 0.0171. The van der Waals surface area contributed by atoms with Gasteiger partial charge in [-0.25, -0.2) is 0 Å². The molecule has 2 saturated heterocycles. The number of nitrogens with zero attached hydrogens (tertiary/aromatic N) is 1. The molecule has 2 heterocycles. The van der Waals surface area contributed by atoms with Gasteiger partial charge < -0.3 is 19.7 Å². The van der Waals surface area contributed by atoms with Crippen LogP contribution in [0.3, 0.4) is 0 Å². The molecule has 2 aliphatic rings. The highest BCUT2D eigenvalue weighted by molar-refractivity contribution is 5.77. The van der Waals surface area contributed by atoms with Gasteiger partial charge in [-0.15, -0.1) is 0 Å². The molecule has 0 aromatic carbocycles. The number of nitrogens with one attached hydrogen (secondary N) is 1. The summed E-state index contributed by atoms with van der Waals surface area (Å²) in [5, 5.41) is 3.35. The van der Waals surface area contributed by atoms with Crippen LogP contribution in [0.5, 0.6) is 0 Å². The van der Waals surface area contributed by atoms with Gasteiger partial charge in [0.25, 0.3) is 0 Å². The summed E-state index contributed by atoms with van der Waals surface area (Å²) >= 11 is 0. The average molecular weight is 256 g/mol. The summed E-state index contributed by atoms with van der Waals surface area (Å²) in [5.41, 5.74) is 0. The highest BCUT2D eigenvalue weighted by Crippen LogP contribution is 2.20. The number of rotatable bonds is 4. The van der Waals surface area contributed by atoms with Gasteiger partial charge in [0.15, 0.2) is 0 Å². The molecule has 0 spiro atoms. The summed E-state index contributed by atoms with van der Waals surface area (Å²) in [6.07, 6.45) is 3.03. The molecule has 0 radical (unpaired) electrons. The van der Waals surface area contributed by atoms with Gasteiger partial charge >= 0.3 is 0 Å². The molecule has 0 aromatic heterocycles. The lowest BCUT2D eigenvalue weighted by atomic mass is 9.96. The van der Waals surface area contributed by atoms with E-state index in [9.17, 15) is 4.79 Å². The van der Waals surface area contributed by atoms with Crippen molar-refractivity contribution in [3.8, 4) is 0 Å². The molecule has 0 aromatic rings. The Hall–Kier alpha value is -0.650. The van der Waals surface area contributed by atoms with E-state index in [0.29, 0.717) is 25.4 Å². The van der Waals surface area contributed by atoms with E-state index >= 15 is 0 Å². The van der Waals surface area contributed by atoms with Crippen molar-refractivity contribution in [1.82, 2.24) is 10.2 Å². The Morgan fingerprint density at radius 1 is 1.28 bits per heavy atom. The van der Waals surface area contributed by atoms with E-state index in [0.717, 1.165) is 19.5 Å². The maximum Gasteiger partial charge on any atom is 0.223 e. The first-order chi connectivity index (χ1) is 8.74. The van der Waals surface area contributed by atoms with Crippen molar-refractivity contribution in [1.29, 1.82) is 0 Å². The quantitative estimate of drug-likeness (QED) is 0.783. The molecule has 3 unspecified atom stereocenters. The summed E-state index contributed by atoms with van der Waals surface area (Å²) in [6.45, 7) is 3.38. The molecule has 0 saturated carbocycles. The van der Waals surface area contributed by atoms with Gasteiger partial charge in [0.1, 0.15) is 12.2 Å². The lowest BCUT2D eigenvalue weighted by Crippen LogP contribution is -2.36. The Kier molecular flexibility index (Phi) is 4.97. The number of amides is 1. The van der Waals surface area contributed by atoms with E-state index in [1.165, 1.54) is 6.42 Å². The minimum Gasteiger partial charge on any atom is -0.377 e. The molecule has 104 valence electrons. The van der Waals surface area contributed by atoms with Crippen molar-refractivity contribution in [3.05, 3.63) is 0 Å². The van der Waals surface area contributed by atoms with E-state index in [1.54, 1.807) is 14.2 Å². The van der Waals surface area contributed by atoms with Crippen LogP contribution in [-0.2, 0) is 14.3 Å². The highest BCUT2D eigenvalue weighted by atomic mass is 16.5. The zero-order valence-corrected chi connectivity index (χ0v) is 11.4. The van der Waals surface area contributed by atoms with E-state index in [-0.39, 0.29) is 18.1 Å². The van der Waals surface area contributed by atoms with E-state index in [1.807, 2.05) is 4.90 Å². The topological polar surface area (TPSA) is 50.8 Å². The molecule has 5 heteroatoms. The summed E-state index contributed by atoms with van der Waals surface area (Å²) in [5.74, 6) is 0.735. The Bertz CT molecular complexity index is 267. The Morgan fingerprint density at radius 2 is 1.94 bits per heavy atom. The smallest absolute Gasteiger partial charge is 0.223 e. The van der Waals surface area contributed by atoms with E-state index < -0.39 is 0 Å². The largest absolute Gasteiger partial charge is 0.377 e. The summed E-state index contributed by atoms with van der Waals surface area (Å²) in [6, 6.07) is 0. The van der Waals surface area contributed by atoms with Gasteiger partial charge in [-0.1, -0.05) is 0 Å². The highest BCUT2D eigenvalue weighted by Gasteiger charge is 2.35. The molecular formula is C13H24N2O3. The molecule has 18 heavy (non-hydrogen) atoms. The maximum atomic E-state index is 12.2. The standard InChI is InChI=1S/C13H24N2O3/c1-17-11-8-15(9-12(11)18-2)13(16)6-10-4-3-5-14-7-10/h10-12,14H,3-9H2,1-2H3. The summed E-state index contributed by atoms with van der Waals surface area (Å²) in [4.78, 5) is 14.1. The molecule has 2 fully saturated rings. The van der Waals surface area contributed by atoms with Crippen LogP contribution in [0, 0.1) is 5.92 Å². The van der Waals surface area contributed by atoms with Gasteiger partial charge in [0.2, 0.25) is 5.91 Å². The SMILES string of the molecule is COC1CN(C(=O)CC2CCCNC2)CC1OC. The van der Waals surface area contributed by atoms with Crippen LogP contribution in [-0.4, -0.2) is 63.4 Å². The predicted molar refractivity (Wildman–Crippen MR) is 68.4 cm³/mol. The van der Waals surface area contributed by atoms with Gasteiger partial charge in [0.05, 0.1) is 0 Å². The zero-order chi connectivity index (χ0) is 13.0. The summed E-state index contributed by atoms with van der Waals surface area (Å²) < 4.78 is 10.7. The Labute approximate surface area is 109 Å². The summed E-state index contributed by atoms with van der Waals surface area (Å²) in [7, 11) is 3.35. The molecule has 3 atom stereocenters. The number of hydrogen-bond acceptors (Lipinski definition) is 4. The fraction of sp³-hybridized carbons (Fsp3) is 0.923. The molecule has 0 aliphatic carbocycles. The number of piperidine rings is 1. The first-order valence-corrected chi connectivity index (χ1v) is 6.78. The molecule has 1 N–H and O–H groups in total. The molecule has 1 amide bonds. The second-order valence-corrected chi connectivity index (χ2v) is 5.26. The van der Waals surface area contributed by atoms with Crippen LogP contribution in [0.25, 0.3) is 0 Å². The van der Waals surface area contributed by atoms with Gasteiger partial charge in [-0.2, -0.15) is 0 Å². The van der Waals surface area contributed by atoms with Crippen LogP contribution in [0.2, 0.25) is 0 Å². The molecule has 2 rings (SSSR count). The van der Waals surface area contributed by atoms with Gasteiger partial charge in [-0.3, -0.25) is 4.79 Å². The Morgan fingerprint density at radius 3 is 2.44 bits per heavy atom. The maximum absolute atomic E-state index is 12.2. The lowest BCUT2D eigenvalue weighted by Gasteiger charge is -2.24. The molecule has 5 nitrogen and oxygen atoms in total. The third-order valence-electron chi connectivity index (χ3n) is 4.04. The van der Waals surface area contributed by atoms with E-state index in [4.69, 9.17) is 9.47 Å². The van der Waals surface area contributed by atoms with Crippen molar-refractivity contribution < 1.29 is 14.3 Å². The fourth-order valence-corrected chi connectivity index (χ4v) is 2.87. The number of hydrogen-bond donors (Lipinski definition) is 1. The van der Waals surface area contributed by atoms with Crippen molar-refractivity contribution in [2.75, 3.05) is 40.4 Å². The molecular weight excluding hydrogens is 232 g/mol. The van der Waals surface area contributed by atoms with Crippen molar-refractivity contribution >= 4 is 5.91 Å². The Balaban J connectivity index is 1.82. The third-order valence-corrected chi connectivity index (χ3v) is 4.04. The van der Waals surface area contributed by atoms with Crippen LogP contribution < -0.4 is 5.32 Å². The lowest BCUT2D eigenvalue weighted by molar-refractivity contribution is -0.131. The number of methoxy groups -OCH3 is 2. The predicted octanol–water partition coefficient (Wildman–Crippen LogP) is 0.248. The monoisotopic (exact) mass is 256 g/mol. The van der Waals surface area contributed by atoms with Crippen LogP contribution in [0.4, 0.5) is 0 Å². The first-order valence-electron chi connectivity index (χ1n) is 6.78. The van der Waals surface area contributed by atoms with Gasteiger partial charge in [0, 0.05) is 33.7 Å². The molecule has 2 aliphatic heterocycles. The normalized spacial score (nSPS) is 32.8. The van der Waals surface area contributed by atoms with E-state index in [2.05, 4.69) is 5.32 Å². The van der Waals surface area contributed by atoms with Crippen molar-refractivity contribution in [2.45, 2.75) is 31.5 Å². The second-order valence-electron chi connectivity index (χ2n) is 5.26. The average Bonchev–Trinajstić information content (AvgIpc) is 2.83. The van der Waals surface area contributed by atoms with Crippen molar-refractivity contribution in [2.24, 2.45) is 5.92 Å². The zero-order valence-electron chi connectivity index (χ0n) is 11.4. The third kappa shape index (κ3) is 3.22. The van der Waals surface area contributed by atoms with Crippen LogP contribution in [0.15, 0.2) is 0 Å². The molecule has 0 bridgehead atoms. The number of ether oxygens (including phenoxy) is 2. The van der Waals surface area contributed by atoms with Crippen molar-refractivity contribution in [3.63, 3.8) is 0 Å². The van der Waals surface area contributed by atoms with Crippen LogP contribution in [0.1, 0.15) is 19.3 Å². The number of carbonyl (C=O) groups excluding carboxylic acids is 1. The number of carbonyl (C=O) groups is 1. The van der Waals surface area contributed by atoms with Gasteiger partial charge in [-0.05, 0) is 31.8 Å². The minimum absolute atomic E-state index is 0.0171.